The Balaban J connectivity index is 1.27. The molecular formula is C30H41N3O7. The number of benzene rings is 1. The van der Waals surface area contributed by atoms with E-state index in [0.29, 0.717) is 36.6 Å². The number of ether oxygens (including phenoxy) is 4. The summed E-state index contributed by atoms with van der Waals surface area (Å²) in [5.74, 6) is 1.71. The fourth-order valence-corrected chi connectivity index (χ4v) is 7.72. The molecule has 2 N–H and O–H groups in total. The Morgan fingerprint density at radius 2 is 2.02 bits per heavy atom. The van der Waals surface area contributed by atoms with Crippen molar-refractivity contribution < 1.29 is 33.6 Å². The van der Waals surface area contributed by atoms with E-state index in [-0.39, 0.29) is 18.6 Å². The molecule has 5 atom stereocenters. The monoisotopic (exact) mass is 555 g/mol. The molecule has 10 nitrogen and oxygen atoms in total. The van der Waals surface area contributed by atoms with Crippen molar-refractivity contribution in [3.63, 3.8) is 0 Å². The highest BCUT2D eigenvalue weighted by atomic mass is 16.6. The third-order valence-electron chi connectivity index (χ3n) is 9.51. The third-order valence-corrected chi connectivity index (χ3v) is 9.51. The number of aliphatic hydroxyl groups is 1. The molecule has 2 fully saturated rings. The summed E-state index contributed by atoms with van der Waals surface area (Å²) in [6, 6.07) is 3.73. The van der Waals surface area contributed by atoms with Crippen LogP contribution >= 0.6 is 0 Å². The summed E-state index contributed by atoms with van der Waals surface area (Å²) in [6.07, 6.45) is 4.58. The van der Waals surface area contributed by atoms with Crippen LogP contribution in [-0.4, -0.2) is 90.3 Å². The summed E-state index contributed by atoms with van der Waals surface area (Å²) in [4.78, 5) is 29.9. The molecule has 0 radical (unpaired) electrons. The van der Waals surface area contributed by atoms with Crippen molar-refractivity contribution in [1.29, 1.82) is 0 Å². The summed E-state index contributed by atoms with van der Waals surface area (Å²) in [7, 11) is 3.68. The minimum absolute atomic E-state index is 0.0712. The van der Waals surface area contributed by atoms with E-state index in [2.05, 4.69) is 23.3 Å². The molecule has 2 bridgehead atoms. The van der Waals surface area contributed by atoms with Gasteiger partial charge in [-0.15, -0.1) is 0 Å². The Morgan fingerprint density at radius 3 is 2.77 bits per heavy atom. The molecular weight excluding hydrogens is 514 g/mol. The molecule has 0 aromatic heterocycles. The predicted molar refractivity (Wildman–Crippen MR) is 147 cm³/mol. The van der Waals surface area contributed by atoms with Crippen LogP contribution in [0.1, 0.15) is 64.0 Å². The van der Waals surface area contributed by atoms with Gasteiger partial charge in [0.1, 0.15) is 11.4 Å². The van der Waals surface area contributed by atoms with E-state index in [0.717, 1.165) is 43.4 Å². The van der Waals surface area contributed by atoms with Crippen LogP contribution in [0.15, 0.2) is 24.0 Å². The van der Waals surface area contributed by atoms with E-state index < -0.39 is 34.9 Å². The van der Waals surface area contributed by atoms with E-state index in [1.807, 2.05) is 32.9 Å². The number of carbonyl (C=O) groups is 2. The molecule has 6 rings (SSSR count). The highest BCUT2D eigenvalue weighted by Gasteiger charge is 2.72. The second kappa shape index (κ2) is 9.55. The summed E-state index contributed by atoms with van der Waals surface area (Å²) < 4.78 is 23.8. The molecule has 5 aliphatic rings. The fraction of sp³-hybridized carbons (Fsp3) is 0.667. The van der Waals surface area contributed by atoms with Crippen molar-refractivity contribution >= 4 is 12.2 Å². The van der Waals surface area contributed by atoms with Crippen molar-refractivity contribution in [3.8, 4) is 11.5 Å². The van der Waals surface area contributed by atoms with Gasteiger partial charge >= 0.3 is 12.2 Å². The van der Waals surface area contributed by atoms with Crippen LogP contribution in [0.2, 0.25) is 0 Å². The Hall–Kier alpha value is -2.98. The van der Waals surface area contributed by atoms with Crippen LogP contribution < -0.4 is 14.8 Å². The number of alkyl carbamates (subject to hydrolysis) is 1. The van der Waals surface area contributed by atoms with Crippen LogP contribution in [0.25, 0.3) is 0 Å². The number of nitrogens with one attached hydrogen (secondary N) is 1. The fourth-order valence-electron chi connectivity index (χ4n) is 7.72. The number of rotatable bonds is 4. The van der Waals surface area contributed by atoms with Gasteiger partial charge in [0, 0.05) is 31.1 Å². The number of carbonyl (C=O) groups excluding carboxylic acids is 2. The molecule has 2 aliphatic carbocycles. The zero-order chi connectivity index (χ0) is 28.4. The number of likely N-dealkylation sites (N-methyl/N-ethyl adjacent to an activating group) is 1. The molecule has 3 aliphatic heterocycles. The second-order valence-electron chi connectivity index (χ2n) is 12.9. The van der Waals surface area contributed by atoms with E-state index in [4.69, 9.17) is 18.9 Å². The van der Waals surface area contributed by atoms with E-state index in [1.54, 1.807) is 12.0 Å². The highest BCUT2D eigenvalue weighted by Crippen LogP contribution is 2.65. The van der Waals surface area contributed by atoms with Crippen molar-refractivity contribution in [2.24, 2.45) is 0 Å². The van der Waals surface area contributed by atoms with Gasteiger partial charge in [-0.2, -0.15) is 0 Å². The predicted octanol–water partition coefficient (Wildman–Crippen LogP) is 3.49. The summed E-state index contributed by atoms with van der Waals surface area (Å²) in [6.45, 7) is 7.07. The van der Waals surface area contributed by atoms with Crippen LogP contribution in [0.4, 0.5) is 9.59 Å². The Labute approximate surface area is 235 Å². The van der Waals surface area contributed by atoms with Gasteiger partial charge in [0.15, 0.2) is 17.6 Å². The first kappa shape index (κ1) is 27.2. The van der Waals surface area contributed by atoms with Crippen LogP contribution in [0.5, 0.6) is 11.5 Å². The zero-order valence-electron chi connectivity index (χ0n) is 24.1. The van der Waals surface area contributed by atoms with Gasteiger partial charge < -0.3 is 39.2 Å². The van der Waals surface area contributed by atoms with Gasteiger partial charge in [0.25, 0.3) is 0 Å². The molecule has 1 aromatic carbocycles. The highest BCUT2D eigenvalue weighted by molar-refractivity contribution is 5.72. The first-order valence-corrected chi connectivity index (χ1v) is 14.4. The molecule has 10 heteroatoms. The molecule has 3 heterocycles. The molecule has 2 saturated heterocycles. The smallest absolute Gasteiger partial charge is 0.415 e. The van der Waals surface area contributed by atoms with Crippen LogP contribution in [0.3, 0.4) is 0 Å². The number of nitrogens with zero attached hydrogens (tertiary/aromatic N) is 2. The number of methoxy groups -OCH3 is 1. The lowest BCUT2D eigenvalue weighted by atomic mass is 9.50. The Morgan fingerprint density at radius 1 is 1.23 bits per heavy atom. The third kappa shape index (κ3) is 4.05. The van der Waals surface area contributed by atoms with Crippen molar-refractivity contribution in [3.05, 3.63) is 35.1 Å². The van der Waals surface area contributed by atoms with Crippen molar-refractivity contribution in [1.82, 2.24) is 15.1 Å². The number of hydrogen-bond donors (Lipinski definition) is 2. The topological polar surface area (TPSA) is 110 Å². The molecule has 218 valence electrons. The van der Waals surface area contributed by atoms with Gasteiger partial charge in [0.05, 0.1) is 24.2 Å². The first-order valence-electron chi connectivity index (χ1n) is 14.4. The lowest BCUT2D eigenvalue weighted by Gasteiger charge is -2.61. The number of piperidine rings is 2. The average Bonchev–Trinajstić information content (AvgIpc) is 3.26. The normalized spacial score (nSPS) is 32.4. The summed E-state index contributed by atoms with van der Waals surface area (Å²) in [5.41, 5.74) is -0.238. The lowest BCUT2D eigenvalue weighted by Crippen LogP contribution is -2.74. The summed E-state index contributed by atoms with van der Waals surface area (Å²) >= 11 is 0. The molecule has 1 aromatic rings. The molecule has 1 unspecified atom stereocenters. The number of amides is 2. The van der Waals surface area contributed by atoms with E-state index in [9.17, 15) is 14.7 Å². The maximum absolute atomic E-state index is 13.7. The van der Waals surface area contributed by atoms with E-state index in [1.165, 1.54) is 0 Å². The molecule has 2 amide bonds. The standard InChI is InChI=1S/C30H41N3O7/c1-28(2,3)40-26(34)31-17-19-8-6-7-14-33(19)27(35)38-21-11-12-30(36)22-16-18-9-10-20(37-5)24-23(18)29(30,25(21)39-24)13-15-32(22)4/h9-11,19,22,25,36H,6-8,12-17H2,1-5H3,(H,31,34)/t19?,22-,25+,29+,30-/m1/s1. The van der Waals surface area contributed by atoms with Gasteiger partial charge in [0.2, 0.25) is 0 Å². The Kier molecular flexibility index (Phi) is 6.49. The van der Waals surface area contributed by atoms with Gasteiger partial charge in [-0.05, 0) is 84.2 Å². The van der Waals surface area contributed by atoms with E-state index >= 15 is 0 Å². The maximum Gasteiger partial charge on any atom is 0.415 e. The minimum atomic E-state index is -1.06. The van der Waals surface area contributed by atoms with Gasteiger partial charge in [-0.3, -0.25) is 0 Å². The lowest BCUT2D eigenvalue weighted by molar-refractivity contribution is -0.163. The van der Waals surface area contributed by atoms with Gasteiger partial charge in [-0.25, -0.2) is 9.59 Å². The second-order valence-corrected chi connectivity index (χ2v) is 12.9. The SMILES string of the molecule is COc1ccc2c3c1O[C@H]1C(OC(=O)N4CCCCC4CNC(=O)OC(C)(C)C)=CC[C@@]4(O)[C@@H](C2)N(C)CC[C@]314. The molecule has 0 saturated carbocycles. The maximum atomic E-state index is 13.7. The Bertz CT molecular complexity index is 1240. The summed E-state index contributed by atoms with van der Waals surface area (Å²) in [5, 5.41) is 15.2. The quantitative estimate of drug-likeness (QED) is 0.581. The molecule has 40 heavy (non-hydrogen) atoms. The first-order chi connectivity index (χ1) is 19.0. The zero-order valence-corrected chi connectivity index (χ0v) is 24.1. The van der Waals surface area contributed by atoms with Gasteiger partial charge in [-0.1, -0.05) is 6.07 Å². The van der Waals surface area contributed by atoms with Crippen molar-refractivity contribution in [2.45, 2.75) is 94.1 Å². The van der Waals surface area contributed by atoms with Crippen LogP contribution in [-0.2, 0) is 21.3 Å². The largest absolute Gasteiger partial charge is 0.493 e. The number of likely N-dealkylation sites (tertiary alicyclic amines) is 2. The van der Waals surface area contributed by atoms with Crippen LogP contribution in [0, 0.1) is 0 Å². The molecule has 1 spiro atoms. The number of hydrogen-bond acceptors (Lipinski definition) is 8. The average molecular weight is 556 g/mol. The minimum Gasteiger partial charge on any atom is -0.493 e. The van der Waals surface area contributed by atoms with Crippen molar-refractivity contribution in [2.75, 3.05) is 33.8 Å².